The first-order chi connectivity index (χ1) is 11.2. The molecule has 2 aromatic rings. The van der Waals surface area contributed by atoms with Crippen molar-refractivity contribution in [2.75, 3.05) is 11.4 Å². The summed E-state index contributed by atoms with van der Waals surface area (Å²) in [6.07, 6.45) is 0. The van der Waals surface area contributed by atoms with Gasteiger partial charge >= 0.3 is 11.9 Å². The summed E-state index contributed by atoms with van der Waals surface area (Å²) in [5, 5.41) is 28.2. The van der Waals surface area contributed by atoms with Crippen molar-refractivity contribution in [2.45, 2.75) is 13.0 Å². The Bertz CT molecular complexity index is 825. The van der Waals surface area contributed by atoms with Crippen LogP contribution in [0, 0.1) is 4.77 Å². The molecule has 1 aromatic heterocycles. The Morgan fingerprint density at radius 1 is 1.29 bits per heavy atom. The van der Waals surface area contributed by atoms with Gasteiger partial charge in [0.05, 0.1) is 0 Å². The molecule has 8 nitrogen and oxygen atoms in total. The molecule has 1 unspecified atom stereocenters. The van der Waals surface area contributed by atoms with Crippen molar-refractivity contribution in [2.24, 2.45) is 7.05 Å². The maximum absolute atomic E-state index is 11.2. The highest BCUT2D eigenvalue weighted by Gasteiger charge is 2.23. The van der Waals surface area contributed by atoms with Crippen molar-refractivity contribution in [3.8, 4) is 17.1 Å². The molecule has 0 fully saturated rings. The molecule has 0 bridgehead atoms. The van der Waals surface area contributed by atoms with Gasteiger partial charge in [0.2, 0.25) is 5.88 Å². The average molecular weight is 351 g/mol. The van der Waals surface area contributed by atoms with Gasteiger partial charge in [-0.25, -0.2) is 4.79 Å². The zero-order chi connectivity index (χ0) is 18.0. The lowest BCUT2D eigenvalue weighted by molar-refractivity contribution is -0.138. The standard InChI is InChI=1S/C15H17N3O5S/c1-8(14(22)23)18(7-11(19)20)10-5-3-9(4-6-10)12-13(21)17(2)15(24)16-12/h3-6,8,21H,7H2,1-2H3,(H,16,24)(H,19,20)(H,22,23). The number of benzene rings is 1. The topological polar surface area (TPSA) is 119 Å². The number of carboxylic acid groups (broad SMARTS) is 2. The number of hydrogen-bond acceptors (Lipinski definition) is 5. The summed E-state index contributed by atoms with van der Waals surface area (Å²) in [6, 6.07) is 5.50. The highest BCUT2D eigenvalue weighted by molar-refractivity contribution is 7.71. The van der Waals surface area contributed by atoms with E-state index in [1.54, 1.807) is 31.3 Å². The van der Waals surface area contributed by atoms with Crippen molar-refractivity contribution in [3.63, 3.8) is 0 Å². The van der Waals surface area contributed by atoms with Gasteiger partial charge in [-0.3, -0.25) is 9.36 Å². The molecule has 0 amide bonds. The van der Waals surface area contributed by atoms with Gasteiger partial charge in [0.25, 0.3) is 0 Å². The molecule has 1 aromatic carbocycles. The lowest BCUT2D eigenvalue weighted by Gasteiger charge is -2.27. The molecule has 1 heterocycles. The first-order valence-electron chi connectivity index (χ1n) is 7.02. The van der Waals surface area contributed by atoms with E-state index >= 15 is 0 Å². The van der Waals surface area contributed by atoms with Crippen LogP contribution in [0.4, 0.5) is 5.69 Å². The van der Waals surface area contributed by atoms with Gasteiger partial charge in [0, 0.05) is 18.3 Å². The second-order valence-electron chi connectivity index (χ2n) is 5.27. The third kappa shape index (κ3) is 3.40. The molecule has 24 heavy (non-hydrogen) atoms. The molecule has 2 rings (SSSR count). The van der Waals surface area contributed by atoms with Crippen LogP contribution in [0.15, 0.2) is 24.3 Å². The van der Waals surface area contributed by atoms with Gasteiger partial charge in [0.15, 0.2) is 4.77 Å². The number of nitrogens with zero attached hydrogens (tertiary/aromatic N) is 2. The molecule has 0 aliphatic rings. The van der Waals surface area contributed by atoms with E-state index in [4.69, 9.17) is 22.4 Å². The average Bonchev–Trinajstić information content (AvgIpc) is 2.79. The number of H-pyrrole nitrogens is 1. The first-order valence-corrected chi connectivity index (χ1v) is 7.42. The normalized spacial score (nSPS) is 11.9. The highest BCUT2D eigenvalue weighted by atomic mass is 32.1. The molecule has 0 saturated heterocycles. The Hall–Kier alpha value is -2.81. The summed E-state index contributed by atoms with van der Waals surface area (Å²) in [5.74, 6) is -2.27. The predicted octanol–water partition coefficient (Wildman–Crippen LogP) is 1.82. The van der Waals surface area contributed by atoms with Crippen LogP contribution in [0.2, 0.25) is 0 Å². The Balaban J connectivity index is 2.38. The minimum absolute atomic E-state index is 0.0194. The second kappa shape index (κ2) is 6.75. The van der Waals surface area contributed by atoms with Gasteiger partial charge in [0.1, 0.15) is 18.3 Å². The van der Waals surface area contributed by atoms with Crippen LogP contribution < -0.4 is 4.90 Å². The van der Waals surface area contributed by atoms with Crippen LogP contribution in [0.3, 0.4) is 0 Å². The van der Waals surface area contributed by atoms with E-state index in [1.165, 1.54) is 16.4 Å². The largest absolute Gasteiger partial charge is 0.493 e. The van der Waals surface area contributed by atoms with Crippen molar-refractivity contribution in [1.29, 1.82) is 0 Å². The fraction of sp³-hybridized carbons (Fsp3) is 0.267. The zero-order valence-corrected chi connectivity index (χ0v) is 13.9. The quantitative estimate of drug-likeness (QED) is 0.586. The number of rotatable bonds is 6. The second-order valence-corrected chi connectivity index (χ2v) is 5.66. The van der Waals surface area contributed by atoms with Gasteiger partial charge in [-0.15, -0.1) is 0 Å². The Morgan fingerprint density at radius 3 is 2.29 bits per heavy atom. The number of anilines is 1. The fourth-order valence-corrected chi connectivity index (χ4v) is 2.45. The van der Waals surface area contributed by atoms with E-state index in [9.17, 15) is 14.7 Å². The maximum atomic E-state index is 11.2. The van der Waals surface area contributed by atoms with E-state index in [1.807, 2.05) is 0 Å². The molecule has 9 heteroatoms. The van der Waals surface area contributed by atoms with Crippen molar-refractivity contribution in [1.82, 2.24) is 9.55 Å². The van der Waals surface area contributed by atoms with Crippen LogP contribution in [-0.4, -0.2) is 49.4 Å². The Morgan fingerprint density at radius 2 is 1.88 bits per heavy atom. The third-order valence-corrected chi connectivity index (χ3v) is 4.07. The molecule has 0 radical (unpaired) electrons. The number of hydrogen-bond donors (Lipinski definition) is 4. The van der Waals surface area contributed by atoms with Gasteiger partial charge in [-0.1, -0.05) is 12.1 Å². The fourth-order valence-electron chi connectivity index (χ4n) is 2.26. The maximum Gasteiger partial charge on any atom is 0.326 e. The molecule has 0 spiro atoms. The SMILES string of the molecule is CC(C(=O)O)N(CC(=O)O)c1ccc(-c2[nH]c(=S)n(C)c2O)cc1. The van der Waals surface area contributed by atoms with E-state index in [-0.39, 0.29) is 5.88 Å². The summed E-state index contributed by atoms with van der Waals surface area (Å²) in [7, 11) is 1.62. The summed E-state index contributed by atoms with van der Waals surface area (Å²) >= 11 is 5.05. The summed E-state index contributed by atoms with van der Waals surface area (Å²) in [5.41, 5.74) is 1.52. The molecule has 0 aliphatic carbocycles. The zero-order valence-electron chi connectivity index (χ0n) is 13.1. The molecular weight excluding hydrogens is 334 g/mol. The molecule has 1 atom stereocenters. The van der Waals surface area contributed by atoms with Crippen LogP contribution in [-0.2, 0) is 16.6 Å². The number of aromatic hydroxyl groups is 1. The van der Waals surface area contributed by atoms with E-state index in [2.05, 4.69) is 4.98 Å². The monoisotopic (exact) mass is 351 g/mol. The van der Waals surface area contributed by atoms with Gasteiger partial charge < -0.3 is 25.2 Å². The minimum atomic E-state index is -1.13. The molecule has 4 N–H and O–H groups in total. The number of aliphatic carboxylic acids is 2. The summed E-state index contributed by atoms with van der Waals surface area (Å²) in [6.45, 7) is 0.977. The lowest BCUT2D eigenvalue weighted by Crippen LogP contribution is -2.42. The number of carboxylic acids is 2. The smallest absolute Gasteiger partial charge is 0.326 e. The van der Waals surface area contributed by atoms with E-state index in [0.717, 1.165) is 0 Å². The molecule has 128 valence electrons. The van der Waals surface area contributed by atoms with E-state index < -0.39 is 24.5 Å². The van der Waals surface area contributed by atoms with Crippen molar-refractivity contribution >= 4 is 29.8 Å². The summed E-state index contributed by atoms with van der Waals surface area (Å²) < 4.78 is 1.78. The van der Waals surface area contributed by atoms with Gasteiger partial charge in [-0.05, 0) is 31.3 Å². The molecule has 0 saturated carbocycles. The number of aromatic amines is 1. The first kappa shape index (κ1) is 17.5. The van der Waals surface area contributed by atoms with Gasteiger partial charge in [-0.2, -0.15) is 0 Å². The van der Waals surface area contributed by atoms with Crippen LogP contribution in [0.25, 0.3) is 11.3 Å². The molecular formula is C15H17N3O5S. The number of aromatic nitrogens is 2. The van der Waals surface area contributed by atoms with Crippen molar-refractivity contribution < 1.29 is 24.9 Å². The Kier molecular flexibility index (Phi) is 4.93. The predicted molar refractivity (Wildman–Crippen MR) is 89.8 cm³/mol. The molecule has 0 aliphatic heterocycles. The number of carbonyl (C=O) groups is 2. The van der Waals surface area contributed by atoms with Crippen LogP contribution >= 0.6 is 12.2 Å². The number of imidazole rings is 1. The lowest BCUT2D eigenvalue weighted by atomic mass is 10.1. The van der Waals surface area contributed by atoms with Crippen LogP contribution in [0.1, 0.15) is 6.92 Å². The Labute approximate surface area is 142 Å². The number of nitrogens with one attached hydrogen (secondary N) is 1. The highest BCUT2D eigenvalue weighted by Crippen LogP contribution is 2.29. The van der Waals surface area contributed by atoms with Crippen LogP contribution in [0.5, 0.6) is 5.88 Å². The third-order valence-electron chi connectivity index (χ3n) is 3.70. The van der Waals surface area contributed by atoms with Crippen molar-refractivity contribution in [3.05, 3.63) is 29.0 Å². The van der Waals surface area contributed by atoms with E-state index in [0.29, 0.717) is 21.7 Å². The minimum Gasteiger partial charge on any atom is -0.493 e. The summed E-state index contributed by atoms with van der Waals surface area (Å²) in [4.78, 5) is 26.3.